The van der Waals surface area contributed by atoms with Crippen LogP contribution in [0.4, 0.5) is 0 Å². The van der Waals surface area contributed by atoms with E-state index in [-0.39, 0.29) is 109 Å². The number of esters is 1. The number of unbranched alkanes of at least 4 members (excludes halogenated alkanes) is 13. The molecule has 5 amide bonds. The molecule has 1 rings (SSSR count). The van der Waals surface area contributed by atoms with Crippen molar-refractivity contribution in [2.24, 2.45) is 0 Å². The highest BCUT2D eigenvalue weighted by Gasteiger charge is 2.33. The Kier molecular flexibility index (Phi) is 31.8. The molecule has 62 heavy (non-hydrogen) atoms. The lowest BCUT2D eigenvalue weighted by molar-refractivity contribution is -0.200. The summed E-state index contributed by atoms with van der Waals surface area (Å²) in [4.78, 5) is 99.7. The van der Waals surface area contributed by atoms with Crippen molar-refractivity contribution >= 4 is 47.4 Å². The van der Waals surface area contributed by atoms with Crippen LogP contribution >= 0.6 is 0 Å². The Labute approximate surface area is 366 Å². The number of hydroxylamine groups is 2. The molecule has 19 nitrogen and oxygen atoms in total. The molecule has 356 valence electrons. The number of aliphatic carboxylic acids is 1. The van der Waals surface area contributed by atoms with Gasteiger partial charge in [-0.2, -0.15) is 0 Å². The fraction of sp³-hybridized carbons (Fsp3) is 0.814. The van der Waals surface area contributed by atoms with E-state index in [4.69, 9.17) is 28.8 Å². The zero-order valence-electron chi connectivity index (χ0n) is 37.4. The quantitative estimate of drug-likeness (QED) is 0.0389. The van der Waals surface area contributed by atoms with Crippen LogP contribution in [0.15, 0.2) is 0 Å². The lowest BCUT2D eigenvalue weighted by Gasteiger charge is -2.24. The zero-order chi connectivity index (χ0) is 45.9. The van der Waals surface area contributed by atoms with Crippen molar-refractivity contribution in [3.8, 4) is 0 Å². The lowest BCUT2D eigenvalue weighted by Crippen LogP contribution is -2.44. The summed E-state index contributed by atoms with van der Waals surface area (Å²) in [5.74, 6) is -4.23. The molecule has 1 saturated heterocycles. The topological polar surface area (TPSA) is 251 Å². The molecule has 0 aromatic rings. The van der Waals surface area contributed by atoms with Gasteiger partial charge in [-0.15, -0.1) is 5.06 Å². The van der Waals surface area contributed by atoms with E-state index in [1.165, 1.54) is 44.9 Å². The van der Waals surface area contributed by atoms with Crippen LogP contribution in [-0.2, 0) is 66.9 Å². The summed E-state index contributed by atoms with van der Waals surface area (Å²) < 4.78 is 26.6. The van der Waals surface area contributed by atoms with Crippen LogP contribution in [0.3, 0.4) is 0 Å². The Morgan fingerprint density at radius 2 is 1.03 bits per heavy atom. The summed E-state index contributed by atoms with van der Waals surface area (Å²) in [6, 6.07) is -0.948. The van der Waals surface area contributed by atoms with Crippen LogP contribution in [-0.4, -0.2) is 135 Å². The van der Waals surface area contributed by atoms with Gasteiger partial charge in [0.2, 0.25) is 17.7 Å². The maximum Gasteiger partial charge on any atom is 0.358 e. The van der Waals surface area contributed by atoms with Crippen LogP contribution in [0.1, 0.15) is 149 Å². The average Bonchev–Trinajstić information content (AvgIpc) is 3.52. The van der Waals surface area contributed by atoms with Crippen LogP contribution < -0.4 is 16.0 Å². The van der Waals surface area contributed by atoms with E-state index < -0.39 is 48.0 Å². The third kappa shape index (κ3) is 32.5. The molecule has 0 radical (unpaired) electrons. The minimum Gasteiger partial charge on any atom is -0.481 e. The third-order valence-electron chi connectivity index (χ3n) is 9.26. The summed E-state index contributed by atoms with van der Waals surface area (Å²) >= 11 is 0. The number of ether oxygens (including phenoxy) is 5. The first kappa shape index (κ1) is 55.8. The van der Waals surface area contributed by atoms with Gasteiger partial charge in [-0.05, 0) is 40.0 Å². The number of nitrogens with one attached hydrogen (secondary N) is 3. The molecule has 0 aromatic carbocycles. The number of carboxylic acid groups (broad SMARTS) is 1. The molecular formula is C43H74N4O15. The van der Waals surface area contributed by atoms with Gasteiger partial charge in [-0.3, -0.25) is 28.8 Å². The minimum absolute atomic E-state index is 0.000656. The van der Waals surface area contributed by atoms with E-state index in [1.807, 2.05) is 0 Å². The minimum atomic E-state index is -0.948. The maximum atomic E-state index is 12.9. The van der Waals surface area contributed by atoms with Crippen molar-refractivity contribution in [2.45, 2.75) is 161 Å². The SMILES string of the molecule is CC(C)(C)OC(=O)[C@H](CCC(=O)NCCOCCOCC(=O)NCCOCCOCC(=O)ON1C(=O)CCC1=O)NC(=O)CCCCCCCCCCCCCCCCC(=O)O. The summed E-state index contributed by atoms with van der Waals surface area (Å²) in [5, 5.41) is 17.2. The molecule has 1 fully saturated rings. The van der Waals surface area contributed by atoms with Gasteiger partial charge in [0, 0.05) is 45.2 Å². The van der Waals surface area contributed by atoms with Crippen LogP contribution in [0, 0.1) is 0 Å². The molecule has 0 unspecified atom stereocenters. The highest BCUT2D eigenvalue weighted by Crippen LogP contribution is 2.15. The molecule has 0 aliphatic carbocycles. The van der Waals surface area contributed by atoms with Gasteiger partial charge in [-0.25, -0.2) is 9.59 Å². The van der Waals surface area contributed by atoms with E-state index in [2.05, 4.69) is 20.8 Å². The van der Waals surface area contributed by atoms with E-state index in [0.29, 0.717) is 17.9 Å². The van der Waals surface area contributed by atoms with Crippen LogP contribution in [0.25, 0.3) is 0 Å². The van der Waals surface area contributed by atoms with Crippen molar-refractivity contribution in [1.29, 1.82) is 0 Å². The monoisotopic (exact) mass is 887 g/mol. The summed E-state index contributed by atoms with van der Waals surface area (Å²) in [6.07, 6.45) is 15.8. The number of imide groups is 1. The Bertz CT molecular complexity index is 1320. The second-order valence-corrected chi connectivity index (χ2v) is 16.1. The molecule has 0 spiro atoms. The van der Waals surface area contributed by atoms with Crippen LogP contribution in [0.5, 0.6) is 0 Å². The van der Waals surface area contributed by atoms with E-state index >= 15 is 0 Å². The summed E-state index contributed by atoms with van der Waals surface area (Å²) in [5.41, 5.74) is -0.753. The number of carbonyl (C=O) groups excluding carboxylic acids is 7. The van der Waals surface area contributed by atoms with E-state index in [0.717, 1.165) is 38.5 Å². The number of hydrogen-bond donors (Lipinski definition) is 4. The standard InChI is InChI=1S/C43H74N4O15/c1-43(2,3)61-42(56)34(46-36(49)18-16-14-12-10-8-6-4-5-7-9-11-13-15-17-19-40(53)54)20-21-35(48)44-24-26-57-28-30-59-32-37(50)45-25-27-58-29-31-60-33-41(55)62-47-38(51)22-23-39(47)52/h34H,4-33H2,1-3H3,(H,44,48)(H,45,50)(H,46,49)(H,53,54)/t34-/m0/s1. The van der Waals surface area contributed by atoms with Crippen molar-refractivity contribution in [3.63, 3.8) is 0 Å². The summed E-state index contributed by atoms with van der Waals surface area (Å²) in [6.45, 7) is 5.94. The normalized spacial score (nSPS) is 13.2. The number of hydrogen-bond acceptors (Lipinski definition) is 14. The van der Waals surface area contributed by atoms with E-state index in [9.17, 15) is 38.4 Å². The molecule has 19 heteroatoms. The first-order valence-corrected chi connectivity index (χ1v) is 22.3. The Hall–Kier alpha value is -4.20. The molecule has 0 bridgehead atoms. The van der Waals surface area contributed by atoms with Gasteiger partial charge in [0.15, 0.2) is 0 Å². The number of nitrogens with zero attached hydrogens (tertiary/aromatic N) is 1. The van der Waals surface area contributed by atoms with Crippen molar-refractivity contribution < 1.29 is 72.0 Å². The van der Waals surface area contributed by atoms with E-state index in [1.54, 1.807) is 20.8 Å². The van der Waals surface area contributed by atoms with Gasteiger partial charge >= 0.3 is 17.9 Å². The second kappa shape index (κ2) is 35.3. The Morgan fingerprint density at radius 3 is 1.53 bits per heavy atom. The molecular weight excluding hydrogens is 812 g/mol. The second-order valence-electron chi connectivity index (χ2n) is 16.1. The van der Waals surface area contributed by atoms with Gasteiger partial charge in [0.1, 0.15) is 24.9 Å². The number of amides is 5. The van der Waals surface area contributed by atoms with Gasteiger partial charge in [-0.1, -0.05) is 77.0 Å². The molecule has 1 aliphatic heterocycles. The smallest absolute Gasteiger partial charge is 0.358 e. The fourth-order valence-corrected chi connectivity index (χ4v) is 6.06. The number of carbonyl (C=O) groups is 8. The molecule has 1 aliphatic rings. The average molecular weight is 887 g/mol. The summed E-state index contributed by atoms with van der Waals surface area (Å²) in [7, 11) is 0. The predicted octanol–water partition coefficient (Wildman–Crippen LogP) is 3.83. The van der Waals surface area contributed by atoms with Crippen molar-refractivity contribution in [3.05, 3.63) is 0 Å². The number of rotatable bonds is 39. The Balaban J connectivity index is 2.06. The molecule has 1 atom stereocenters. The molecule has 1 heterocycles. The third-order valence-corrected chi connectivity index (χ3v) is 9.26. The first-order valence-electron chi connectivity index (χ1n) is 22.3. The Morgan fingerprint density at radius 1 is 0.581 bits per heavy atom. The lowest BCUT2D eigenvalue weighted by atomic mass is 10.0. The molecule has 4 N–H and O–H groups in total. The highest BCUT2D eigenvalue weighted by atomic mass is 16.7. The fourth-order valence-electron chi connectivity index (χ4n) is 6.06. The molecule has 0 aromatic heterocycles. The highest BCUT2D eigenvalue weighted by molar-refractivity contribution is 6.01. The molecule has 0 saturated carbocycles. The van der Waals surface area contributed by atoms with Crippen LogP contribution in [0.2, 0.25) is 0 Å². The van der Waals surface area contributed by atoms with Gasteiger partial charge < -0.3 is 49.6 Å². The largest absolute Gasteiger partial charge is 0.481 e. The van der Waals surface area contributed by atoms with Crippen molar-refractivity contribution in [1.82, 2.24) is 21.0 Å². The predicted molar refractivity (Wildman–Crippen MR) is 225 cm³/mol. The van der Waals surface area contributed by atoms with Gasteiger partial charge in [0.25, 0.3) is 11.8 Å². The van der Waals surface area contributed by atoms with Gasteiger partial charge in [0.05, 0.1) is 39.6 Å². The van der Waals surface area contributed by atoms with Crippen molar-refractivity contribution in [2.75, 3.05) is 65.9 Å². The first-order chi connectivity index (χ1) is 29.7. The number of carboxylic acids is 1. The maximum absolute atomic E-state index is 12.9. The zero-order valence-corrected chi connectivity index (χ0v) is 37.4.